The van der Waals surface area contributed by atoms with Crippen molar-refractivity contribution in [3.63, 3.8) is 0 Å². The van der Waals surface area contributed by atoms with Gasteiger partial charge in [0.1, 0.15) is 0 Å². The van der Waals surface area contributed by atoms with Crippen molar-refractivity contribution in [2.45, 2.75) is 78.3 Å². The average molecular weight is 322 g/mol. The molecular formula is C20H39N3. The van der Waals surface area contributed by atoms with Gasteiger partial charge in [0, 0.05) is 37.3 Å². The van der Waals surface area contributed by atoms with E-state index in [0.717, 1.165) is 32.6 Å². The summed E-state index contributed by atoms with van der Waals surface area (Å²) in [5.74, 6) is 0. The van der Waals surface area contributed by atoms with Gasteiger partial charge in [-0.1, -0.05) is 18.9 Å². The van der Waals surface area contributed by atoms with Crippen LogP contribution >= 0.6 is 0 Å². The van der Waals surface area contributed by atoms with Crippen LogP contribution in [-0.4, -0.2) is 60.1 Å². The third-order valence-corrected chi connectivity index (χ3v) is 6.23. The number of likely N-dealkylation sites (tertiary alicyclic amines) is 1. The lowest BCUT2D eigenvalue weighted by atomic mass is 9.74. The van der Waals surface area contributed by atoms with Gasteiger partial charge in [-0.3, -0.25) is 9.80 Å². The summed E-state index contributed by atoms with van der Waals surface area (Å²) in [6.45, 7) is 21.6. The van der Waals surface area contributed by atoms with Crippen molar-refractivity contribution in [1.29, 1.82) is 0 Å². The van der Waals surface area contributed by atoms with E-state index in [9.17, 15) is 0 Å². The Kier molecular flexibility index (Phi) is 6.32. The number of piperazine rings is 1. The molecule has 2 heterocycles. The second-order valence-electron chi connectivity index (χ2n) is 8.41. The van der Waals surface area contributed by atoms with Crippen molar-refractivity contribution in [3.05, 3.63) is 11.1 Å². The molecule has 0 bridgehead atoms. The number of piperidine rings is 1. The third-order valence-electron chi connectivity index (χ3n) is 6.23. The average Bonchev–Trinajstić information content (AvgIpc) is 2.56. The maximum Gasteiger partial charge on any atom is 0.0385 e. The van der Waals surface area contributed by atoms with Crippen LogP contribution in [-0.2, 0) is 0 Å². The fourth-order valence-corrected chi connectivity index (χ4v) is 4.96. The quantitative estimate of drug-likeness (QED) is 0.780. The minimum atomic E-state index is 0.128. The van der Waals surface area contributed by atoms with E-state index in [0.29, 0.717) is 0 Å². The molecule has 2 saturated heterocycles. The molecule has 0 unspecified atom stereocenters. The summed E-state index contributed by atoms with van der Waals surface area (Å²) in [4.78, 5) is 5.44. The van der Waals surface area contributed by atoms with Crippen molar-refractivity contribution < 1.29 is 0 Å². The summed E-state index contributed by atoms with van der Waals surface area (Å²) in [5, 5.41) is 3.50. The zero-order valence-electron chi connectivity index (χ0n) is 16.5. The van der Waals surface area contributed by atoms with Gasteiger partial charge in [0.2, 0.25) is 0 Å². The van der Waals surface area contributed by atoms with Crippen molar-refractivity contribution in [2.75, 3.05) is 39.3 Å². The largest absolute Gasteiger partial charge is 0.314 e. The summed E-state index contributed by atoms with van der Waals surface area (Å²) in [7, 11) is 0. The molecule has 2 aliphatic heterocycles. The van der Waals surface area contributed by atoms with E-state index in [1.165, 1.54) is 32.4 Å². The van der Waals surface area contributed by atoms with Crippen molar-refractivity contribution in [1.82, 2.24) is 15.1 Å². The Balaban J connectivity index is 2.36. The number of rotatable bonds is 5. The Hall–Kier alpha value is -0.380. The predicted molar refractivity (Wildman–Crippen MR) is 101 cm³/mol. The molecule has 2 aliphatic rings. The summed E-state index contributed by atoms with van der Waals surface area (Å²) >= 11 is 0. The van der Waals surface area contributed by atoms with Gasteiger partial charge in [0.25, 0.3) is 0 Å². The van der Waals surface area contributed by atoms with Crippen molar-refractivity contribution >= 4 is 0 Å². The molecule has 2 rings (SSSR count). The molecular weight excluding hydrogens is 282 g/mol. The minimum Gasteiger partial charge on any atom is -0.314 e. The van der Waals surface area contributed by atoms with E-state index < -0.39 is 0 Å². The third kappa shape index (κ3) is 4.00. The fourth-order valence-electron chi connectivity index (χ4n) is 4.96. The Bertz CT molecular complexity index is 379. The first-order chi connectivity index (χ1) is 10.8. The zero-order chi connectivity index (χ0) is 17.1. The summed E-state index contributed by atoms with van der Waals surface area (Å²) in [6.07, 6.45) is 5.27. The van der Waals surface area contributed by atoms with E-state index in [1.54, 1.807) is 11.1 Å². The lowest BCUT2D eigenvalue weighted by Gasteiger charge is -2.52. The molecule has 0 radical (unpaired) electrons. The van der Waals surface area contributed by atoms with E-state index in [2.05, 4.69) is 56.7 Å². The molecule has 0 aromatic heterocycles. The molecule has 134 valence electrons. The Morgan fingerprint density at radius 2 is 1.30 bits per heavy atom. The smallest absolute Gasteiger partial charge is 0.0385 e. The van der Waals surface area contributed by atoms with Gasteiger partial charge in [0.05, 0.1) is 0 Å². The van der Waals surface area contributed by atoms with Gasteiger partial charge in [0.15, 0.2) is 0 Å². The van der Waals surface area contributed by atoms with Crippen LogP contribution in [0.25, 0.3) is 0 Å². The van der Waals surface area contributed by atoms with Gasteiger partial charge in [-0.25, -0.2) is 0 Å². The number of nitrogens with zero attached hydrogens (tertiary/aromatic N) is 2. The second-order valence-corrected chi connectivity index (χ2v) is 8.41. The van der Waals surface area contributed by atoms with Crippen LogP contribution < -0.4 is 5.32 Å². The molecule has 0 aromatic carbocycles. The Morgan fingerprint density at radius 1 is 0.826 bits per heavy atom. The molecule has 0 atom stereocenters. The van der Waals surface area contributed by atoms with Gasteiger partial charge >= 0.3 is 0 Å². The number of allylic oxidation sites excluding steroid dienone is 1. The lowest BCUT2D eigenvalue weighted by molar-refractivity contribution is 0.0682. The first kappa shape index (κ1) is 19.0. The highest BCUT2D eigenvalue weighted by Gasteiger charge is 2.43. The van der Waals surface area contributed by atoms with Gasteiger partial charge < -0.3 is 5.32 Å². The fraction of sp³-hybridized carbons (Fsp3) is 0.900. The molecule has 0 aliphatic carbocycles. The van der Waals surface area contributed by atoms with Crippen LogP contribution in [0.2, 0.25) is 0 Å². The van der Waals surface area contributed by atoms with Crippen LogP contribution in [0.1, 0.15) is 67.2 Å². The van der Waals surface area contributed by atoms with E-state index in [1.807, 2.05) is 0 Å². The van der Waals surface area contributed by atoms with Crippen molar-refractivity contribution in [3.8, 4) is 0 Å². The molecule has 0 saturated carbocycles. The van der Waals surface area contributed by atoms with Crippen LogP contribution in [0.5, 0.6) is 0 Å². The van der Waals surface area contributed by atoms with Gasteiger partial charge in [-0.15, -0.1) is 0 Å². The molecule has 0 spiro atoms. The lowest BCUT2D eigenvalue weighted by Crippen LogP contribution is -2.60. The highest BCUT2D eigenvalue weighted by Crippen LogP contribution is 2.40. The number of nitrogens with one attached hydrogen (secondary N) is 1. The Morgan fingerprint density at radius 3 is 1.78 bits per heavy atom. The summed E-state index contributed by atoms with van der Waals surface area (Å²) in [6, 6.07) is 0. The maximum atomic E-state index is 3.50. The van der Waals surface area contributed by atoms with E-state index in [-0.39, 0.29) is 11.1 Å². The van der Waals surface area contributed by atoms with Crippen LogP contribution in [0.4, 0.5) is 0 Å². The normalized spacial score (nSPS) is 23.7. The molecule has 23 heavy (non-hydrogen) atoms. The SMILES string of the molecule is CCC(C)=C(C(C)(C)N1CCCCC1)C(C)(C)N1CCNCC1. The standard InChI is InChI=1S/C20H39N3/c1-7-17(2)18(19(3,4)22-13-9-8-10-14-22)20(5,6)23-15-11-21-12-16-23/h21H,7-16H2,1-6H3. The highest BCUT2D eigenvalue weighted by molar-refractivity contribution is 5.34. The second kappa shape index (κ2) is 7.67. The van der Waals surface area contributed by atoms with Crippen LogP contribution in [0.15, 0.2) is 11.1 Å². The molecule has 0 aromatic rings. The zero-order valence-corrected chi connectivity index (χ0v) is 16.5. The Labute approximate surface area is 144 Å². The van der Waals surface area contributed by atoms with Gasteiger partial charge in [-0.2, -0.15) is 0 Å². The minimum absolute atomic E-state index is 0.128. The molecule has 1 N–H and O–H groups in total. The number of hydrogen-bond donors (Lipinski definition) is 1. The van der Waals surface area contributed by atoms with Crippen LogP contribution in [0, 0.1) is 0 Å². The van der Waals surface area contributed by atoms with E-state index >= 15 is 0 Å². The highest BCUT2D eigenvalue weighted by atomic mass is 15.3. The number of hydrogen-bond acceptors (Lipinski definition) is 3. The maximum absolute atomic E-state index is 3.50. The first-order valence-corrected chi connectivity index (χ1v) is 9.73. The molecule has 3 nitrogen and oxygen atoms in total. The van der Waals surface area contributed by atoms with Crippen LogP contribution in [0.3, 0.4) is 0 Å². The first-order valence-electron chi connectivity index (χ1n) is 9.73. The molecule has 0 amide bonds. The van der Waals surface area contributed by atoms with Gasteiger partial charge in [-0.05, 0) is 72.5 Å². The monoisotopic (exact) mass is 321 g/mol. The molecule has 3 heteroatoms. The molecule has 2 fully saturated rings. The summed E-state index contributed by atoms with van der Waals surface area (Å²) in [5.41, 5.74) is 3.53. The predicted octanol–water partition coefficient (Wildman–Crippen LogP) is 3.66. The summed E-state index contributed by atoms with van der Waals surface area (Å²) < 4.78 is 0. The van der Waals surface area contributed by atoms with E-state index in [4.69, 9.17) is 0 Å². The van der Waals surface area contributed by atoms with Crippen molar-refractivity contribution in [2.24, 2.45) is 0 Å². The topological polar surface area (TPSA) is 18.5 Å².